The number of thioether (sulfide) groups is 1. The molecule has 2 aliphatic heterocycles. The number of hydrogen-bond acceptors (Lipinski definition) is 8. The third-order valence-corrected chi connectivity index (χ3v) is 13.4. The molecular weight excluding hydrogens is 723 g/mol. The number of nitrogens with zero attached hydrogens (tertiary/aromatic N) is 3. The Kier molecular flexibility index (Phi) is 8.60. The number of imide groups is 2. The monoisotopic (exact) mass is 760 g/mol. The van der Waals surface area contributed by atoms with Crippen LogP contribution in [0.15, 0.2) is 28.5 Å². The van der Waals surface area contributed by atoms with E-state index in [4.69, 9.17) is 4.98 Å². The molecule has 9 nitrogen and oxygen atoms in total. The quantitative estimate of drug-likeness (QED) is 0.134. The van der Waals surface area contributed by atoms with Crippen molar-refractivity contribution < 1.29 is 24.0 Å². The van der Waals surface area contributed by atoms with Crippen LogP contribution in [0.1, 0.15) is 103 Å². The molecule has 12 heteroatoms. The SMILES string of the molecule is CC(CCC12CC3CC(CC(C3)C1)C2)C(=O)N(I)Cc1nc(CSc2cccc3c2C(=O)N(C2CCC(=O)NC2=O)C3=O)cs1. The first-order valence-corrected chi connectivity index (χ1v) is 18.8. The van der Waals surface area contributed by atoms with Crippen LogP contribution in [0, 0.1) is 29.1 Å². The third-order valence-electron chi connectivity index (χ3n) is 10.6. The summed E-state index contributed by atoms with van der Waals surface area (Å²) >= 11 is 5.06. The minimum Gasteiger partial charge on any atom is -0.295 e. The maximum atomic E-state index is 13.4. The first-order chi connectivity index (χ1) is 21.6. The summed E-state index contributed by atoms with van der Waals surface area (Å²) in [4.78, 5) is 70.3. The molecule has 6 aliphatic rings. The normalized spacial score (nSPS) is 29.2. The zero-order valence-electron chi connectivity index (χ0n) is 25.3. The summed E-state index contributed by atoms with van der Waals surface area (Å²) in [5.41, 5.74) is 1.88. The summed E-state index contributed by atoms with van der Waals surface area (Å²) in [6.45, 7) is 2.52. The molecule has 5 fully saturated rings. The van der Waals surface area contributed by atoms with Crippen molar-refractivity contribution in [1.82, 2.24) is 18.3 Å². The van der Waals surface area contributed by atoms with Gasteiger partial charge in [0, 0.05) is 28.4 Å². The van der Waals surface area contributed by atoms with Crippen LogP contribution in [-0.4, -0.2) is 48.6 Å². The minimum atomic E-state index is -0.993. The molecule has 1 saturated heterocycles. The molecule has 2 atom stereocenters. The van der Waals surface area contributed by atoms with E-state index in [1.165, 1.54) is 68.0 Å². The van der Waals surface area contributed by atoms with Gasteiger partial charge in [-0.3, -0.25) is 37.3 Å². The molecule has 4 saturated carbocycles. The number of carbonyl (C=O) groups is 5. The number of carbonyl (C=O) groups excluding carboxylic acids is 5. The lowest BCUT2D eigenvalue weighted by Gasteiger charge is -2.57. The Morgan fingerprint density at radius 1 is 1.13 bits per heavy atom. The van der Waals surface area contributed by atoms with Crippen LogP contribution < -0.4 is 5.32 Å². The molecule has 4 bridgehead atoms. The molecule has 1 N–H and O–H groups in total. The zero-order chi connectivity index (χ0) is 31.5. The van der Waals surface area contributed by atoms with Gasteiger partial charge in [-0.25, -0.2) is 4.98 Å². The molecular formula is C33H37IN4O5S2. The average Bonchev–Trinajstić information content (AvgIpc) is 3.55. The minimum absolute atomic E-state index is 0.00921. The van der Waals surface area contributed by atoms with Gasteiger partial charge in [0.25, 0.3) is 11.8 Å². The number of hydrogen-bond donors (Lipinski definition) is 1. The van der Waals surface area contributed by atoms with Gasteiger partial charge in [-0.1, -0.05) is 13.0 Å². The number of rotatable bonds is 10. The third kappa shape index (κ3) is 6.10. The highest BCUT2D eigenvalue weighted by atomic mass is 127. The van der Waals surface area contributed by atoms with Gasteiger partial charge < -0.3 is 0 Å². The van der Waals surface area contributed by atoms with Crippen LogP contribution in [0.4, 0.5) is 0 Å². The second-order valence-corrected chi connectivity index (χ2v) is 17.0. The fourth-order valence-corrected chi connectivity index (χ4v) is 11.8. The van der Waals surface area contributed by atoms with Crippen molar-refractivity contribution in [2.45, 2.75) is 94.4 Å². The Labute approximate surface area is 285 Å². The van der Waals surface area contributed by atoms with Crippen LogP contribution in [0.5, 0.6) is 0 Å². The first kappa shape index (κ1) is 31.3. The van der Waals surface area contributed by atoms with Crippen molar-refractivity contribution in [3.05, 3.63) is 45.4 Å². The van der Waals surface area contributed by atoms with E-state index < -0.39 is 29.7 Å². The van der Waals surface area contributed by atoms with E-state index in [9.17, 15) is 24.0 Å². The Bertz CT molecular complexity index is 1540. The predicted molar refractivity (Wildman–Crippen MR) is 178 cm³/mol. The summed E-state index contributed by atoms with van der Waals surface area (Å²) < 4.78 is 1.77. The summed E-state index contributed by atoms with van der Waals surface area (Å²) in [6, 6.07) is 4.14. The fourth-order valence-electron chi connectivity index (χ4n) is 8.92. The highest BCUT2D eigenvalue weighted by molar-refractivity contribution is 14.1. The number of aromatic nitrogens is 1. The molecule has 4 aliphatic carbocycles. The topological polar surface area (TPSA) is 117 Å². The standard InChI is InChI=1S/C33H37IN4O5S2/c1-18(7-8-33-12-19-9-20(13-33)11-21(10-19)14-33)30(41)37(34)15-27-35-22(17-45-27)16-44-25-4-2-3-23-28(25)32(43)38(31(23)42)24-5-6-26(39)36-29(24)40/h2-4,17-21,24H,5-16H2,1H3,(H,36,39,40). The zero-order valence-corrected chi connectivity index (χ0v) is 29.0. The number of amides is 5. The smallest absolute Gasteiger partial charge is 0.263 e. The fraction of sp³-hybridized carbons (Fsp3) is 0.576. The van der Waals surface area contributed by atoms with E-state index in [2.05, 4.69) is 35.1 Å². The van der Waals surface area contributed by atoms with Gasteiger partial charge in [-0.15, -0.1) is 23.1 Å². The van der Waals surface area contributed by atoms with Crippen LogP contribution in [-0.2, 0) is 26.7 Å². The van der Waals surface area contributed by atoms with Gasteiger partial charge in [0.2, 0.25) is 17.7 Å². The Morgan fingerprint density at radius 2 is 1.84 bits per heavy atom. The second-order valence-electron chi connectivity index (χ2n) is 13.9. The highest BCUT2D eigenvalue weighted by Gasteiger charge is 2.50. The summed E-state index contributed by atoms with van der Waals surface area (Å²) in [5, 5.41) is 5.06. The Morgan fingerprint density at radius 3 is 2.53 bits per heavy atom. The number of halogens is 1. The molecule has 2 unspecified atom stereocenters. The lowest BCUT2D eigenvalue weighted by atomic mass is 9.48. The highest BCUT2D eigenvalue weighted by Crippen LogP contribution is 2.61. The number of fused-ring (bicyclic) bond motifs is 1. The van der Waals surface area contributed by atoms with Crippen LogP contribution in [0.2, 0.25) is 0 Å². The molecule has 45 heavy (non-hydrogen) atoms. The first-order valence-electron chi connectivity index (χ1n) is 16.0. The maximum Gasteiger partial charge on any atom is 0.263 e. The van der Waals surface area contributed by atoms with Crippen molar-refractivity contribution in [2.75, 3.05) is 0 Å². The summed E-state index contributed by atoms with van der Waals surface area (Å²) in [6.07, 6.45) is 10.8. The lowest BCUT2D eigenvalue weighted by molar-refractivity contribution is -0.136. The Balaban J connectivity index is 0.935. The van der Waals surface area contributed by atoms with Crippen LogP contribution >= 0.6 is 46.0 Å². The van der Waals surface area contributed by atoms with E-state index in [0.29, 0.717) is 28.2 Å². The number of benzene rings is 1. The van der Waals surface area contributed by atoms with E-state index in [-0.39, 0.29) is 30.2 Å². The average molecular weight is 761 g/mol. The molecule has 2 aromatic rings. The second kappa shape index (κ2) is 12.4. The molecule has 8 rings (SSSR count). The van der Waals surface area contributed by atoms with E-state index in [1.54, 1.807) is 21.3 Å². The van der Waals surface area contributed by atoms with E-state index in [0.717, 1.165) is 39.8 Å². The van der Waals surface area contributed by atoms with Crippen LogP contribution in [0.25, 0.3) is 0 Å². The molecule has 0 spiro atoms. The predicted octanol–water partition coefficient (Wildman–Crippen LogP) is 6.15. The Hall–Kier alpha value is -2.32. The van der Waals surface area contributed by atoms with E-state index in [1.807, 2.05) is 5.38 Å². The van der Waals surface area contributed by atoms with Gasteiger partial charge >= 0.3 is 0 Å². The van der Waals surface area contributed by atoms with Crippen molar-refractivity contribution in [1.29, 1.82) is 0 Å². The van der Waals surface area contributed by atoms with Gasteiger partial charge in [-0.2, -0.15) is 0 Å². The maximum absolute atomic E-state index is 13.4. The van der Waals surface area contributed by atoms with Gasteiger partial charge in [0.05, 0.1) is 46.2 Å². The molecule has 0 radical (unpaired) electrons. The molecule has 1 aromatic heterocycles. The summed E-state index contributed by atoms with van der Waals surface area (Å²) in [7, 11) is 0. The molecule has 238 valence electrons. The molecule has 5 amide bonds. The van der Waals surface area contributed by atoms with Gasteiger partial charge in [0.15, 0.2) is 0 Å². The van der Waals surface area contributed by atoms with Crippen molar-refractivity contribution in [2.24, 2.45) is 29.1 Å². The number of piperidine rings is 1. The van der Waals surface area contributed by atoms with Gasteiger partial charge in [-0.05, 0) is 93.1 Å². The molecule has 3 heterocycles. The molecule has 1 aromatic carbocycles. The largest absolute Gasteiger partial charge is 0.295 e. The number of nitrogens with one attached hydrogen (secondary N) is 1. The van der Waals surface area contributed by atoms with Crippen molar-refractivity contribution in [3.63, 3.8) is 0 Å². The van der Waals surface area contributed by atoms with Crippen LogP contribution in [0.3, 0.4) is 0 Å². The number of thiazole rings is 1. The van der Waals surface area contributed by atoms with E-state index >= 15 is 0 Å². The van der Waals surface area contributed by atoms with Crippen molar-refractivity contribution in [3.8, 4) is 0 Å². The van der Waals surface area contributed by atoms with Crippen molar-refractivity contribution >= 4 is 75.5 Å². The summed E-state index contributed by atoms with van der Waals surface area (Å²) in [5.74, 6) is 1.39. The lowest BCUT2D eigenvalue weighted by Crippen LogP contribution is -2.54. The van der Waals surface area contributed by atoms with Gasteiger partial charge in [0.1, 0.15) is 11.0 Å².